The van der Waals surface area contributed by atoms with Crippen LogP contribution in [0.2, 0.25) is 5.02 Å². The molecule has 0 aliphatic carbocycles. The second-order valence-electron chi connectivity index (χ2n) is 6.61. The van der Waals surface area contributed by atoms with Gasteiger partial charge in [-0.25, -0.2) is 4.68 Å². The van der Waals surface area contributed by atoms with Gasteiger partial charge in [-0.05, 0) is 55.7 Å². The van der Waals surface area contributed by atoms with Crippen molar-refractivity contribution in [1.82, 2.24) is 14.8 Å². The number of nitrogens with zero attached hydrogens (tertiary/aromatic N) is 3. The lowest BCUT2D eigenvalue weighted by molar-refractivity contribution is 0.0995. The standard InChI is InChI=1S/C19H19ClN4O2/c1-11-5-6-13(20)10-15(11)14-7-8-17-21-19(23-24(17)12(14)2)22-18(25)16-4-3-9-26-16/h3-6,9-10,12,14H,7-8H2,1-2H3,(H,22,23,25). The number of carbonyl (C=O) groups is 1. The molecule has 7 heteroatoms. The molecule has 0 fully saturated rings. The fourth-order valence-electron chi connectivity index (χ4n) is 3.60. The molecule has 6 nitrogen and oxygen atoms in total. The number of hydrogen-bond donors (Lipinski definition) is 1. The van der Waals surface area contributed by atoms with E-state index in [0.29, 0.717) is 11.9 Å². The average molecular weight is 371 g/mol. The minimum Gasteiger partial charge on any atom is -0.459 e. The zero-order chi connectivity index (χ0) is 18.3. The number of halogens is 1. The van der Waals surface area contributed by atoms with E-state index in [0.717, 1.165) is 23.7 Å². The van der Waals surface area contributed by atoms with Crippen LogP contribution in [0.15, 0.2) is 41.0 Å². The van der Waals surface area contributed by atoms with Gasteiger partial charge in [0.25, 0.3) is 5.91 Å². The van der Waals surface area contributed by atoms with Gasteiger partial charge in [-0.15, -0.1) is 5.10 Å². The van der Waals surface area contributed by atoms with Crippen molar-refractivity contribution >= 4 is 23.5 Å². The van der Waals surface area contributed by atoms with Gasteiger partial charge in [-0.2, -0.15) is 4.98 Å². The third-order valence-electron chi connectivity index (χ3n) is 4.96. The molecule has 1 aromatic carbocycles. The van der Waals surface area contributed by atoms with Gasteiger partial charge in [-0.1, -0.05) is 17.7 Å². The lowest BCUT2D eigenvalue weighted by atomic mass is 9.84. The van der Waals surface area contributed by atoms with Crippen LogP contribution in [-0.4, -0.2) is 20.7 Å². The van der Waals surface area contributed by atoms with Crippen LogP contribution in [0.25, 0.3) is 0 Å². The molecular formula is C19H19ClN4O2. The second kappa shape index (κ2) is 6.61. The van der Waals surface area contributed by atoms with Gasteiger partial charge in [0, 0.05) is 17.4 Å². The molecular weight excluding hydrogens is 352 g/mol. The van der Waals surface area contributed by atoms with Gasteiger partial charge < -0.3 is 4.42 Å². The maximum atomic E-state index is 12.1. The Morgan fingerprint density at radius 3 is 3.00 bits per heavy atom. The van der Waals surface area contributed by atoms with E-state index < -0.39 is 0 Å². The second-order valence-corrected chi connectivity index (χ2v) is 7.05. The summed E-state index contributed by atoms with van der Waals surface area (Å²) in [6.07, 6.45) is 3.22. The summed E-state index contributed by atoms with van der Waals surface area (Å²) in [5.74, 6) is 1.36. The minimum absolute atomic E-state index is 0.123. The first-order valence-electron chi connectivity index (χ1n) is 8.59. The molecule has 26 heavy (non-hydrogen) atoms. The van der Waals surface area contributed by atoms with E-state index in [1.165, 1.54) is 17.4 Å². The number of aromatic nitrogens is 3. The summed E-state index contributed by atoms with van der Waals surface area (Å²) < 4.78 is 7.01. The Morgan fingerprint density at radius 2 is 2.23 bits per heavy atom. The summed E-state index contributed by atoms with van der Waals surface area (Å²) in [6, 6.07) is 9.40. The van der Waals surface area contributed by atoms with Crippen molar-refractivity contribution in [3.8, 4) is 0 Å². The summed E-state index contributed by atoms with van der Waals surface area (Å²) in [7, 11) is 0. The summed E-state index contributed by atoms with van der Waals surface area (Å²) >= 11 is 6.20. The zero-order valence-electron chi connectivity index (χ0n) is 14.6. The molecule has 134 valence electrons. The zero-order valence-corrected chi connectivity index (χ0v) is 15.3. The van der Waals surface area contributed by atoms with E-state index in [1.54, 1.807) is 12.1 Å². The molecule has 1 N–H and O–H groups in total. The number of carbonyl (C=O) groups excluding carboxylic acids is 1. The van der Waals surface area contributed by atoms with Crippen LogP contribution in [0.1, 0.15) is 52.8 Å². The Hall–Kier alpha value is -2.60. The lowest BCUT2D eigenvalue weighted by Gasteiger charge is -2.30. The summed E-state index contributed by atoms with van der Waals surface area (Å²) in [5, 5.41) is 7.95. The molecule has 3 heterocycles. The van der Waals surface area contributed by atoms with Crippen LogP contribution in [0.3, 0.4) is 0 Å². The maximum absolute atomic E-state index is 12.1. The van der Waals surface area contributed by atoms with Crippen molar-refractivity contribution in [2.75, 3.05) is 5.32 Å². The number of nitrogens with one attached hydrogen (secondary N) is 1. The summed E-state index contributed by atoms with van der Waals surface area (Å²) in [5.41, 5.74) is 2.47. The molecule has 0 saturated heterocycles. The molecule has 0 spiro atoms. The molecule has 0 radical (unpaired) electrons. The van der Waals surface area contributed by atoms with Crippen molar-refractivity contribution < 1.29 is 9.21 Å². The fourth-order valence-corrected chi connectivity index (χ4v) is 3.78. The van der Waals surface area contributed by atoms with Crippen molar-refractivity contribution in [1.29, 1.82) is 0 Å². The predicted octanol–water partition coefficient (Wildman–Crippen LogP) is 4.38. The molecule has 2 atom stereocenters. The maximum Gasteiger partial charge on any atom is 0.293 e. The Balaban J connectivity index is 1.59. The number of anilines is 1. The Kier molecular flexibility index (Phi) is 4.28. The third-order valence-corrected chi connectivity index (χ3v) is 5.20. The predicted molar refractivity (Wildman–Crippen MR) is 98.6 cm³/mol. The molecule has 0 bridgehead atoms. The molecule has 1 amide bonds. The number of benzene rings is 1. The van der Waals surface area contributed by atoms with E-state index in [1.807, 2.05) is 16.8 Å². The van der Waals surface area contributed by atoms with Gasteiger partial charge in [0.1, 0.15) is 5.82 Å². The highest BCUT2D eigenvalue weighted by Crippen LogP contribution is 2.39. The van der Waals surface area contributed by atoms with Gasteiger partial charge in [0.2, 0.25) is 5.95 Å². The summed E-state index contributed by atoms with van der Waals surface area (Å²) in [4.78, 5) is 16.6. The highest BCUT2D eigenvalue weighted by atomic mass is 35.5. The summed E-state index contributed by atoms with van der Waals surface area (Å²) in [6.45, 7) is 4.23. The van der Waals surface area contributed by atoms with Crippen LogP contribution < -0.4 is 5.32 Å². The van der Waals surface area contributed by atoms with E-state index in [9.17, 15) is 4.79 Å². The molecule has 3 aromatic rings. The van der Waals surface area contributed by atoms with E-state index in [-0.39, 0.29) is 17.7 Å². The van der Waals surface area contributed by atoms with E-state index in [4.69, 9.17) is 16.0 Å². The topological polar surface area (TPSA) is 73.0 Å². The lowest BCUT2D eigenvalue weighted by Crippen LogP contribution is -2.25. The molecule has 1 aliphatic heterocycles. The molecule has 0 saturated carbocycles. The van der Waals surface area contributed by atoms with E-state index in [2.05, 4.69) is 35.3 Å². The van der Waals surface area contributed by atoms with Crippen LogP contribution in [0.5, 0.6) is 0 Å². The minimum atomic E-state index is -0.354. The van der Waals surface area contributed by atoms with Crippen LogP contribution in [-0.2, 0) is 6.42 Å². The number of fused-ring (bicyclic) bond motifs is 1. The van der Waals surface area contributed by atoms with Crippen molar-refractivity contribution in [2.24, 2.45) is 0 Å². The number of furan rings is 1. The number of amides is 1. The Morgan fingerprint density at radius 1 is 1.38 bits per heavy atom. The Bertz CT molecular complexity index is 949. The largest absolute Gasteiger partial charge is 0.459 e. The van der Waals surface area contributed by atoms with Gasteiger partial charge in [0.05, 0.1) is 12.3 Å². The fraction of sp³-hybridized carbons (Fsp3) is 0.316. The smallest absolute Gasteiger partial charge is 0.293 e. The SMILES string of the molecule is Cc1ccc(Cl)cc1C1CCc2nc(NC(=O)c3ccco3)nn2C1C. The van der Waals surface area contributed by atoms with Gasteiger partial charge in [0.15, 0.2) is 5.76 Å². The Labute approximate surface area is 156 Å². The van der Waals surface area contributed by atoms with Gasteiger partial charge in [-0.3, -0.25) is 10.1 Å². The normalized spacial score (nSPS) is 19.2. The molecule has 2 aromatic heterocycles. The number of rotatable bonds is 3. The molecule has 1 aliphatic rings. The highest BCUT2D eigenvalue weighted by molar-refractivity contribution is 6.30. The van der Waals surface area contributed by atoms with Crippen LogP contribution in [0.4, 0.5) is 5.95 Å². The third kappa shape index (κ3) is 3.01. The van der Waals surface area contributed by atoms with E-state index >= 15 is 0 Å². The number of aryl methyl sites for hydroxylation is 2. The monoisotopic (exact) mass is 370 g/mol. The average Bonchev–Trinajstić information content (AvgIpc) is 3.27. The number of hydrogen-bond acceptors (Lipinski definition) is 4. The van der Waals surface area contributed by atoms with Crippen LogP contribution >= 0.6 is 11.6 Å². The molecule has 2 unspecified atom stereocenters. The van der Waals surface area contributed by atoms with Gasteiger partial charge >= 0.3 is 0 Å². The first kappa shape index (κ1) is 16.8. The highest BCUT2D eigenvalue weighted by Gasteiger charge is 2.31. The van der Waals surface area contributed by atoms with Crippen molar-refractivity contribution in [2.45, 2.75) is 38.6 Å². The van der Waals surface area contributed by atoms with Crippen molar-refractivity contribution in [3.05, 3.63) is 64.3 Å². The first-order chi connectivity index (χ1) is 12.5. The van der Waals surface area contributed by atoms with Crippen LogP contribution in [0, 0.1) is 6.92 Å². The molecule has 4 rings (SSSR count). The van der Waals surface area contributed by atoms with Crippen molar-refractivity contribution in [3.63, 3.8) is 0 Å². The first-order valence-corrected chi connectivity index (χ1v) is 8.97. The quantitative estimate of drug-likeness (QED) is 0.742.